The van der Waals surface area contributed by atoms with Gasteiger partial charge in [-0.1, -0.05) is 33.6 Å². The highest BCUT2D eigenvalue weighted by Crippen LogP contribution is 2.33. The van der Waals surface area contributed by atoms with E-state index in [0.717, 1.165) is 18.9 Å². The maximum absolute atomic E-state index is 11.6. The van der Waals surface area contributed by atoms with Gasteiger partial charge < -0.3 is 11.1 Å². The molecule has 0 spiro atoms. The molecule has 0 heterocycles. The Morgan fingerprint density at radius 1 is 1.47 bits per heavy atom. The van der Waals surface area contributed by atoms with E-state index >= 15 is 0 Å². The Morgan fingerprint density at radius 3 is 2.53 bits per heavy atom. The molecule has 1 unspecified atom stereocenters. The van der Waals surface area contributed by atoms with Crippen LogP contribution in [0.1, 0.15) is 46.5 Å². The van der Waals surface area contributed by atoms with Crippen LogP contribution in [0.5, 0.6) is 0 Å². The van der Waals surface area contributed by atoms with Gasteiger partial charge in [0.1, 0.15) is 0 Å². The van der Waals surface area contributed by atoms with Crippen molar-refractivity contribution in [1.29, 1.82) is 0 Å². The lowest BCUT2D eigenvalue weighted by Gasteiger charge is -2.25. The van der Waals surface area contributed by atoms with Crippen molar-refractivity contribution in [2.75, 3.05) is 6.54 Å². The second kappa shape index (κ2) is 4.97. The summed E-state index contributed by atoms with van der Waals surface area (Å²) in [7, 11) is 0. The summed E-state index contributed by atoms with van der Waals surface area (Å²) in [5.74, 6) is 0.927. The van der Waals surface area contributed by atoms with E-state index in [2.05, 4.69) is 5.32 Å². The van der Waals surface area contributed by atoms with E-state index in [0.29, 0.717) is 0 Å². The largest absolute Gasteiger partial charge is 0.355 e. The topological polar surface area (TPSA) is 55.1 Å². The fraction of sp³-hybridized carbons (Fsp3) is 0.917. The summed E-state index contributed by atoms with van der Waals surface area (Å²) in [5.41, 5.74) is 5.68. The Labute approximate surface area is 92.8 Å². The molecule has 88 valence electrons. The minimum Gasteiger partial charge on any atom is -0.355 e. The van der Waals surface area contributed by atoms with E-state index in [1.54, 1.807) is 0 Å². The summed E-state index contributed by atoms with van der Waals surface area (Å²) in [6, 6.07) is -0.404. The molecule has 0 saturated heterocycles. The lowest BCUT2D eigenvalue weighted by molar-refractivity contribution is -0.124. The predicted molar refractivity (Wildman–Crippen MR) is 62.4 cm³/mol. The van der Waals surface area contributed by atoms with Crippen LogP contribution >= 0.6 is 0 Å². The average molecular weight is 212 g/mol. The van der Waals surface area contributed by atoms with Gasteiger partial charge in [0.25, 0.3) is 0 Å². The summed E-state index contributed by atoms with van der Waals surface area (Å²) >= 11 is 0. The molecule has 1 rings (SSSR count). The molecule has 3 heteroatoms. The Morgan fingerprint density at radius 2 is 2.07 bits per heavy atom. The van der Waals surface area contributed by atoms with Crippen molar-refractivity contribution in [1.82, 2.24) is 5.32 Å². The summed E-state index contributed by atoms with van der Waals surface area (Å²) in [4.78, 5) is 11.6. The van der Waals surface area contributed by atoms with Crippen molar-refractivity contribution >= 4 is 5.91 Å². The summed E-state index contributed by atoms with van der Waals surface area (Å²) in [6.45, 7) is 6.74. The first kappa shape index (κ1) is 12.5. The van der Waals surface area contributed by atoms with Crippen LogP contribution < -0.4 is 11.1 Å². The van der Waals surface area contributed by atoms with Crippen molar-refractivity contribution in [3.8, 4) is 0 Å². The van der Waals surface area contributed by atoms with Gasteiger partial charge >= 0.3 is 0 Å². The van der Waals surface area contributed by atoms with Gasteiger partial charge in [-0.25, -0.2) is 0 Å². The molecule has 1 saturated carbocycles. The van der Waals surface area contributed by atoms with Crippen LogP contribution in [-0.2, 0) is 4.79 Å². The maximum atomic E-state index is 11.6. The van der Waals surface area contributed by atoms with Gasteiger partial charge in [0.2, 0.25) is 5.91 Å². The molecule has 0 aromatic carbocycles. The quantitative estimate of drug-likeness (QED) is 0.681. The first-order chi connectivity index (χ1) is 6.91. The van der Waals surface area contributed by atoms with Crippen LogP contribution in [0.25, 0.3) is 0 Å². The lowest BCUT2D eigenvalue weighted by atomic mass is 9.87. The summed E-state index contributed by atoms with van der Waals surface area (Å²) in [5, 5.41) is 2.91. The van der Waals surface area contributed by atoms with Crippen molar-refractivity contribution in [2.45, 2.75) is 52.5 Å². The zero-order chi connectivity index (χ0) is 11.5. The Hall–Kier alpha value is -0.570. The number of hydrogen-bond acceptors (Lipinski definition) is 2. The fourth-order valence-electron chi connectivity index (χ4n) is 1.51. The molecule has 1 fully saturated rings. The molecule has 0 aromatic rings. The molecule has 3 N–H and O–H groups in total. The first-order valence-corrected chi connectivity index (χ1v) is 5.94. The molecule has 0 aromatic heterocycles. The van der Waals surface area contributed by atoms with Crippen molar-refractivity contribution < 1.29 is 4.79 Å². The van der Waals surface area contributed by atoms with Crippen LogP contribution in [0.2, 0.25) is 0 Å². The van der Waals surface area contributed by atoms with Crippen LogP contribution in [0.3, 0.4) is 0 Å². The Balaban J connectivity index is 2.11. The number of nitrogens with one attached hydrogen (secondary N) is 1. The van der Waals surface area contributed by atoms with Crippen molar-refractivity contribution in [3.63, 3.8) is 0 Å². The third-order valence-electron chi connectivity index (χ3n) is 3.00. The van der Waals surface area contributed by atoms with Gasteiger partial charge in [0.05, 0.1) is 6.04 Å². The second-order valence-corrected chi connectivity index (χ2v) is 5.72. The molecule has 1 aliphatic rings. The van der Waals surface area contributed by atoms with Crippen molar-refractivity contribution in [2.24, 2.45) is 17.1 Å². The minimum absolute atomic E-state index is 0.0155. The molecule has 1 amide bonds. The van der Waals surface area contributed by atoms with Crippen LogP contribution in [-0.4, -0.2) is 18.5 Å². The first-order valence-electron chi connectivity index (χ1n) is 5.94. The fourth-order valence-corrected chi connectivity index (χ4v) is 1.51. The molecule has 3 nitrogen and oxygen atoms in total. The number of nitrogens with two attached hydrogens (primary N) is 1. The summed E-state index contributed by atoms with van der Waals surface area (Å²) < 4.78 is 0. The number of carbonyl (C=O) groups excluding carboxylic acids is 1. The third-order valence-corrected chi connectivity index (χ3v) is 3.00. The molecule has 0 radical (unpaired) electrons. The maximum Gasteiger partial charge on any atom is 0.237 e. The van der Waals surface area contributed by atoms with E-state index in [-0.39, 0.29) is 11.3 Å². The van der Waals surface area contributed by atoms with Gasteiger partial charge in [-0.2, -0.15) is 0 Å². The van der Waals surface area contributed by atoms with Crippen molar-refractivity contribution in [3.05, 3.63) is 0 Å². The Bertz CT molecular complexity index is 216. The third kappa shape index (κ3) is 4.65. The second-order valence-electron chi connectivity index (χ2n) is 5.72. The molecule has 15 heavy (non-hydrogen) atoms. The number of amides is 1. The van der Waals surface area contributed by atoms with Gasteiger partial charge in [0.15, 0.2) is 0 Å². The highest BCUT2D eigenvalue weighted by molar-refractivity contribution is 5.82. The molecular formula is C12H24N2O. The highest BCUT2D eigenvalue weighted by atomic mass is 16.2. The monoisotopic (exact) mass is 212 g/mol. The number of hydrogen-bond donors (Lipinski definition) is 2. The SMILES string of the molecule is CC(C)(C)C(N)C(=O)NCCCC1CC1. The summed E-state index contributed by atoms with van der Waals surface area (Å²) in [6.07, 6.45) is 5.11. The molecule has 0 aliphatic heterocycles. The van der Waals surface area contributed by atoms with Gasteiger partial charge in [-0.15, -0.1) is 0 Å². The van der Waals surface area contributed by atoms with Crippen LogP contribution in [0.4, 0.5) is 0 Å². The van der Waals surface area contributed by atoms with Gasteiger partial charge in [-0.05, 0) is 24.2 Å². The van der Waals surface area contributed by atoms with E-state index in [4.69, 9.17) is 5.73 Å². The molecular weight excluding hydrogens is 188 g/mol. The van der Waals surface area contributed by atoms with Gasteiger partial charge in [-0.3, -0.25) is 4.79 Å². The molecule has 0 bridgehead atoms. The zero-order valence-corrected chi connectivity index (χ0v) is 10.2. The lowest BCUT2D eigenvalue weighted by Crippen LogP contribution is -2.48. The minimum atomic E-state index is -0.404. The number of carbonyl (C=O) groups is 1. The normalized spacial score (nSPS) is 18.7. The van der Waals surface area contributed by atoms with E-state index in [1.165, 1.54) is 19.3 Å². The van der Waals surface area contributed by atoms with E-state index in [1.807, 2.05) is 20.8 Å². The smallest absolute Gasteiger partial charge is 0.237 e. The standard InChI is InChI=1S/C12H24N2O/c1-12(2,3)10(13)11(15)14-8-4-5-9-6-7-9/h9-10H,4-8,13H2,1-3H3,(H,14,15). The van der Waals surface area contributed by atoms with Gasteiger partial charge in [0, 0.05) is 6.54 Å². The molecule has 1 aliphatic carbocycles. The van der Waals surface area contributed by atoms with Crippen LogP contribution in [0.15, 0.2) is 0 Å². The van der Waals surface area contributed by atoms with Crippen LogP contribution in [0, 0.1) is 11.3 Å². The predicted octanol–water partition coefficient (Wildman–Crippen LogP) is 1.67. The Kier molecular flexibility index (Phi) is 4.14. The molecule has 1 atom stereocenters. The van der Waals surface area contributed by atoms with E-state index < -0.39 is 6.04 Å². The van der Waals surface area contributed by atoms with E-state index in [9.17, 15) is 4.79 Å². The zero-order valence-electron chi connectivity index (χ0n) is 10.2. The highest BCUT2D eigenvalue weighted by Gasteiger charge is 2.27. The number of rotatable bonds is 5. The average Bonchev–Trinajstić information content (AvgIpc) is 2.93.